The lowest BCUT2D eigenvalue weighted by Gasteiger charge is -2.23. The van der Waals surface area contributed by atoms with Gasteiger partial charge in [-0.25, -0.2) is 0 Å². The molecule has 0 radical (unpaired) electrons. The molecule has 0 aromatic heterocycles. The molecule has 0 amide bonds. The minimum Gasteiger partial charge on any atom is -0.497 e. The van der Waals surface area contributed by atoms with E-state index in [1.165, 1.54) is 5.56 Å². The number of methoxy groups -OCH3 is 1. The standard InChI is InChI=1S/C18H31N3O2/c1-5-18(22,6-2)14-21-17(19-7-3)20-13-12-15-8-10-16(23-4)11-9-15/h8-11,22H,5-7,12-14H2,1-4H3,(H2,19,20,21). The third-order valence-electron chi connectivity index (χ3n) is 4.06. The summed E-state index contributed by atoms with van der Waals surface area (Å²) < 4.78 is 5.16. The summed E-state index contributed by atoms with van der Waals surface area (Å²) in [6, 6.07) is 8.07. The quantitative estimate of drug-likeness (QED) is 0.482. The Balaban J connectivity index is 2.51. The number of hydrogen-bond acceptors (Lipinski definition) is 3. The second kappa shape index (κ2) is 10.1. The van der Waals surface area contributed by atoms with E-state index in [1.54, 1.807) is 7.11 Å². The molecule has 3 N–H and O–H groups in total. The van der Waals surface area contributed by atoms with E-state index in [9.17, 15) is 5.11 Å². The Morgan fingerprint density at radius 1 is 1.13 bits per heavy atom. The smallest absolute Gasteiger partial charge is 0.191 e. The van der Waals surface area contributed by atoms with Crippen LogP contribution in [0.2, 0.25) is 0 Å². The van der Waals surface area contributed by atoms with E-state index >= 15 is 0 Å². The third kappa shape index (κ3) is 6.91. The Labute approximate surface area is 140 Å². The summed E-state index contributed by atoms with van der Waals surface area (Å²) in [5.74, 6) is 1.62. The van der Waals surface area contributed by atoms with E-state index in [1.807, 2.05) is 32.9 Å². The van der Waals surface area contributed by atoms with Crippen molar-refractivity contribution < 1.29 is 9.84 Å². The Hall–Kier alpha value is -1.75. The minimum atomic E-state index is -0.710. The molecule has 5 heteroatoms. The SMILES string of the molecule is CCNC(=NCC(O)(CC)CC)NCCc1ccc(OC)cc1. The molecule has 0 bridgehead atoms. The second-order valence-corrected chi connectivity index (χ2v) is 5.65. The third-order valence-corrected chi connectivity index (χ3v) is 4.06. The lowest BCUT2D eigenvalue weighted by atomic mass is 9.98. The number of ether oxygens (including phenoxy) is 1. The highest BCUT2D eigenvalue weighted by Crippen LogP contribution is 2.14. The molecule has 0 aliphatic rings. The average Bonchev–Trinajstić information content (AvgIpc) is 2.60. The summed E-state index contributed by atoms with van der Waals surface area (Å²) in [7, 11) is 1.67. The van der Waals surface area contributed by atoms with Crippen LogP contribution in [0.3, 0.4) is 0 Å². The molecule has 1 aromatic carbocycles. The lowest BCUT2D eigenvalue weighted by molar-refractivity contribution is 0.0418. The molecule has 0 saturated heterocycles. The molecular formula is C18H31N3O2. The average molecular weight is 321 g/mol. The number of rotatable bonds is 9. The van der Waals surface area contributed by atoms with Crippen molar-refractivity contribution in [2.45, 2.75) is 45.6 Å². The second-order valence-electron chi connectivity index (χ2n) is 5.65. The highest BCUT2D eigenvalue weighted by molar-refractivity contribution is 5.79. The predicted molar refractivity (Wildman–Crippen MR) is 96.2 cm³/mol. The molecule has 130 valence electrons. The molecule has 0 atom stereocenters. The van der Waals surface area contributed by atoms with Crippen molar-refractivity contribution in [3.63, 3.8) is 0 Å². The van der Waals surface area contributed by atoms with Gasteiger partial charge < -0.3 is 20.5 Å². The molecule has 1 rings (SSSR count). The summed E-state index contributed by atoms with van der Waals surface area (Å²) in [5.41, 5.74) is 0.533. The fourth-order valence-corrected chi connectivity index (χ4v) is 2.16. The van der Waals surface area contributed by atoms with Crippen molar-refractivity contribution in [2.75, 3.05) is 26.7 Å². The van der Waals surface area contributed by atoms with E-state index in [-0.39, 0.29) is 0 Å². The van der Waals surface area contributed by atoms with Crippen LogP contribution in [0.25, 0.3) is 0 Å². The van der Waals surface area contributed by atoms with Crippen LogP contribution in [0, 0.1) is 0 Å². The first-order valence-corrected chi connectivity index (χ1v) is 8.44. The maximum Gasteiger partial charge on any atom is 0.191 e. The summed E-state index contributed by atoms with van der Waals surface area (Å²) >= 11 is 0. The van der Waals surface area contributed by atoms with E-state index in [0.29, 0.717) is 19.4 Å². The molecule has 0 fully saturated rings. The van der Waals surface area contributed by atoms with Gasteiger partial charge in [-0.05, 0) is 43.9 Å². The van der Waals surface area contributed by atoms with Crippen molar-refractivity contribution in [3.8, 4) is 5.75 Å². The topological polar surface area (TPSA) is 65.9 Å². The summed E-state index contributed by atoms with van der Waals surface area (Å²) in [4.78, 5) is 4.51. The minimum absolute atomic E-state index is 0.415. The van der Waals surface area contributed by atoms with Gasteiger partial charge in [0.05, 0.1) is 19.3 Å². The van der Waals surface area contributed by atoms with Gasteiger partial charge in [-0.2, -0.15) is 0 Å². The van der Waals surface area contributed by atoms with Gasteiger partial charge in [0, 0.05) is 13.1 Å². The van der Waals surface area contributed by atoms with Gasteiger partial charge in [-0.1, -0.05) is 26.0 Å². The molecule has 0 aliphatic carbocycles. The van der Waals surface area contributed by atoms with E-state index in [0.717, 1.165) is 31.2 Å². The van der Waals surface area contributed by atoms with Gasteiger partial charge >= 0.3 is 0 Å². The maximum absolute atomic E-state index is 10.3. The molecule has 0 aliphatic heterocycles. The van der Waals surface area contributed by atoms with Gasteiger partial charge in [0.25, 0.3) is 0 Å². The highest BCUT2D eigenvalue weighted by Gasteiger charge is 2.21. The predicted octanol–water partition coefficient (Wildman–Crippen LogP) is 2.34. The summed E-state index contributed by atoms with van der Waals surface area (Å²) in [6.45, 7) is 8.01. The number of hydrogen-bond donors (Lipinski definition) is 3. The van der Waals surface area contributed by atoms with Gasteiger partial charge in [0.1, 0.15) is 5.75 Å². The van der Waals surface area contributed by atoms with E-state index in [4.69, 9.17) is 4.74 Å². The maximum atomic E-state index is 10.3. The van der Waals surface area contributed by atoms with Crippen LogP contribution in [0.1, 0.15) is 39.2 Å². The van der Waals surface area contributed by atoms with Crippen LogP contribution >= 0.6 is 0 Å². The van der Waals surface area contributed by atoms with E-state index in [2.05, 4.69) is 27.8 Å². The van der Waals surface area contributed by atoms with Crippen molar-refractivity contribution >= 4 is 5.96 Å². The number of nitrogens with zero attached hydrogens (tertiary/aromatic N) is 1. The molecule has 1 aromatic rings. The Kier molecular flexibility index (Phi) is 8.48. The van der Waals surface area contributed by atoms with Crippen LogP contribution in [0.5, 0.6) is 5.75 Å². The van der Waals surface area contributed by atoms with Crippen LogP contribution in [-0.4, -0.2) is 43.4 Å². The van der Waals surface area contributed by atoms with Crippen LogP contribution < -0.4 is 15.4 Å². The summed E-state index contributed by atoms with van der Waals surface area (Å²) in [5, 5.41) is 16.9. The number of nitrogens with one attached hydrogen (secondary N) is 2. The zero-order valence-electron chi connectivity index (χ0n) is 14.9. The van der Waals surface area contributed by atoms with Crippen molar-refractivity contribution in [1.29, 1.82) is 0 Å². The first-order chi connectivity index (χ1) is 11.1. The van der Waals surface area contributed by atoms with Crippen molar-refractivity contribution in [3.05, 3.63) is 29.8 Å². The number of aliphatic imine (C=N–C) groups is 1. The highest BCUT2D eigenvalue weighted by atomic mass is 16.5. The lowest BCUT2D eigenvalue weighted by Crippen LogP contribution is -2.40. The van der Waals surface area contributed by atoms with Gasteiger partial charge in [-0.3, -0.25) is 4.99 Å². The van der Waals surface area contributed by atoms with Gasteiger partial charge in [0.15, 0.2) is 5.96 Å². The number of aliphatic hydroxyl groups is 1. The first kappa shape index (κ1) is 19.3. The Morgan fingerprint density at radius 2 is 1.78 bits per heavy atom. The molecule has 0 unspecified atom stereocenters. The molecular weight excluding hydrogens is 290 g/mol. The molecule has 0 saturated carbocycles. The monoisotopic (exact) mass is 321 g/mol. The normalized spacial score (nSPS) is 12.1. The molecule has 0 heterocycles. The van der Waals surface area contributed by atoms with Crippen LogP contribution in [-0.2, 0) is 6.42 Å². The number of guanidine groups is 1. The van der Waals surface area contributed by atoms with Crippen molar-refractivity contribution in [1.82, 2.24) is 10.6 Å². The van der Waals surface area contributed by atoms with Gasteiger partial charge in [-0.15, -0.1) is 0 Å². The zero-order valence-corrected chi connectivity index (χ0v) is 14.9. The fraction of sp³-hybridized carbons (Fsp3) is 0.611. The first-order valence-electron chi connectivity index (χ1n) is 8.44. The van der Waals surface area contributed by atoms with E-state index < -0.39 is 5.60 Å². The fourth-order valence-electron chi connectivity index (χ4n) is 2.16. The molecule has 23 heavy (non-hydrogen) atoms. The van der Waals surface area contributed by atoms with Crippen molar-refractivity contribution in [2.24, 2.45) is 4.99 Å². The van der Waals surface area contributed by atoms with Crippen LogP contribution in [0.4, 0.5) is 0 Å². The number of benzene rings is 1. The molecule has 5 nitrogen and oxygen atoms in total. The zero-order chi connectivity index (χ0) is 17.1. The largest absolute Gasteiger partial charge is 0.497 e. The van der Waals surface area contributed by atoms with Crippen LogP contribution in [0.15, 0.2) is 29.3 Å². The van der Waals surface area contributed by atoms with Gasteiger partial charge in [0.2, 0.25) is 0 Å². The summed E-state index contributed by atoms with van der Waals surface area (Å²) in [6.07, 6.45) is 2.32. The molecule has 0 spiro atoms. The Morgan fingerprint density at radius 3 is 2.30 bits per heavy atom. The Bertz CT molecular complexity index is 468.